The molecule has 0 fully saturated rings. The SMILES string of the molecule is CNC(C)CCc1cccc(F)c1. The molecule has 1 rings (SSSR count). The van der Waals surface area contributed by atoms with Gasteiger partial charge in [0.2, 0.25) is 0 Å². The van der Waals surface area contributed by atoms with Crippen LogP contribution in [-0.4, -0.2) is 13.1 Å². The van der Waals surface area contributed by atoms with E-state index in [4.69, 9.17) is 0 Å². The van der Waals surface area contributed by atoms with E-state index in [1.165, 1.54) is 6.07 Å². The fourth-order valence-electron chi connectivity index (χ4n) is 1.22. The van der Waals surface area contributed by atoms with Crippen LogP contribution in [0, 0.1) is 5.82 Å². The highest BCUT2D eigenvalue weighted by Gasteiger charge is 1.99. The highest BCUT2D eigenvalue weighted by Crippen LogP contribution is 2.07. The van der Waals surface area contributed by atoms with Gasteiger partial charge in [0.1, 0.15) is 5.82 Å². The summed E-state index contributed by atoms with van der Waals surface area (Å²) < 4.78 is 12.8. The lowest BCUT2D eigenvalue weighted by molar-refractivity contribution is 0.562. The molecular weight excluding hydrogens is 165 g/mol. The van der Waals surface area contributed by atoms with Crippen LogP contribution < -0.4 is 5.32 Å². The first-order chi connectivity index (χ1) is 6.22. The van der Waals surface area contributed by atoms with Gasteiger partial charge in [-0.3, -0.25) is 0 Å². The van der Waals surface area contributed by atoms with Gasteiger partial charge in [0, 0.05) is 6.04 Å². The first kappa shape index (κ1) is 10.2. The summed E-state index contributed by atoms with van der Waals surface area (Å²) in [6, 6.07) is 7.29. The van der Waals surface area contributed by atoms with Crippen molar-refractivity contribution in [2.75, 3.05) is 7.05 Å². The van der Waals surface area contributed by atoms with E-state index in [1.807, 2.05) is 13.1 Å². The topological polar surface area (TPSA) is 12.0 Å². The molecule has 0 saturated carbocycles. The summed E-state index contributed by atoms with van der Waals surface area (Å²) in [6.45, 7) is 2.12. The Morgan fingerprint density at radius 1 is 1.46 bits per heavy atom. The number of hydrogen-bond donors (Lipinski definition) is 1. The van der Waals surface area contributed by atoms with Crippen LogP contribution in [0.5, 0.6) is 0 Å². The maximum absolute atomic E-state index is 12.8. The minimum absolute atomic E-state index is 0.144. The fourth-order valence-corrected chi connectivity index (χ4v) is 1.22. The van der Waals surface area contributed by atoms with E-state index in [0.29, 0.717) is 6.04 Å². The molecule has 72 valence electrons. The lowest BCUT2D eigenvalue weighted by Crippen LogP contribution is -2.21. The second kappa shape index (κ2) is 4.97. The zero-order valence-electron chi connectivity index (χ0n) is 8.18. The van der Waals surface area contributed by atoms with E-state index in [-0.39, 0.29) is 5.82 Å². The maximum Gasteiger partial charge on any atom is 0.123 e. The van der Waals surface area contributed by atoms with Crippen molar-refractivity contribution < 1.29 is 4.39 Å². The third kappa shape index (κ3) is 3.55. The van der Waals surface area contributed by atoms with Crippen molar-refractivity contribution in [3.05, 3.63) is 35.6 Å². The molecule has 0 bridgehead atoms. The Kier molecular flexibility index (Phi) is 3.90. The van der Waals surface area contributed by atoms with Crippen molar-refractivity contribution in [2.45, 2.75) is 25.8 Å². The quantitative estimate of drug-likeness (QED) is 0.752. The van der Waals surface area contributed by atoms with E-state index in [1.54, 1.807) is 12.1 Å². The maximum atomic E-state index is 12.8. The molecule has 1 aromatic carbocycles. The molecule has 1 unspecified atom stereocenters. The monoisotopic (exact) mass is 181 g/mol. The Labute approximate surface area is 79.0 Å². The molecule has 1 atom stereocenters. The number of nitrogens with one attached hydrogen (secondary N) is 1. The largest absolute Gasteiger partial charge is 0.317 e. The Morgan fingerprint density at radius 2 is 2.23 bits per heavy atom. The van der Waals surface area contributed by atoms with Crippen LogP contribution in [0.3, 0.4) is 0 Å². The summed E-state index contributed by atoms with van der Waals surface area (Å²) in [4.78, 5) is 0. The van der Waals surface area contributed by atoms with Gasteiger partial charge in [0.15, 0.2) is 0 Å². The average molecular weight is 181 g/mol. The average Bonchev–Trinajstić information content (AvgIpc) is 2.14. The number of halogens is 1. The third-order valence-corrected chi connectivity index (χ3v) is 2.25. The first-order valence-electron chi connectivity index (χ1n) is 4.64. The van der Waals surface area contributed by atoms with E-state index in [2.05, 4.69) is 12.2 Å². The summed E-state index contributed by atoms with van der Waals surface area (Å²) in [7, 11) is 1.94. The van der Waals surface area contributed by atoms with Crippen molar-refractivity contribution in [1.82, 2.24) is 5.32 Å². The first-order valence-corrected chi connectivity index (χ1v) is 4.64. The second-order valence-electron chi connectivity index (χ2n) is 3.36. The van der Waals surface area contributed by atoms with Gasteiger partial charge in [0.25, 0.3) is 0 Å². The molecule has 1 aromatic rings. The molecule has 0 heterocycles. The normalized spacial score (nSPS) is 12.8. The Morgan fingerprint density at radius 3 is 2.85 bits per heavy atom. The van der Waals surface area contributed by atoms with Gasteiger partial charge >= 0.3 is 0 Å². The van der Waals surface area contributed by atoms with Gasteiger partial charge in [-0.2, -0.15) is 0 Å². The summed E-state index contributed by atoms with van der Waals surface area (Å²) >= 11 is 0. The molecule has 0 aromatic heterocycles. The predicted molar refractivity (Wildman–Crippen MR) is 53.2 cm³/mol. The molecule has 1 N–H and O–H groups in total. The Hall–Kier alpha value is -0.890. The van der Waals surface area contributed by atoms with Crippen molar-refractivity contribution in [1.29, 1.82) is 0 Å². The molecule has 0 saturated heterocycles. The number of hydrogen-bond acceptors (Lipinski definition) is 1. The van der Waals surface area contributed by atoms with Gasteiger partial charge in [-0.25, -0.2) is 4.39 Å². The molecule has 13 heavy (non-hydrogen) atoms. The lowest BCUT2D eigenvalue weighted by Gasteiger charge is -2.09. The predicted octanol–water partition coefficient (Wildman–Crippen LogP) is 2.37. The van der Waals surface area contributed by atoms with Crippen LogP contribution in [0.4, 0.5) is 4.39 Å². The van der Waals surface area contributed by atoms with Crippen molar-refractivity contribution in [3.63, 3.8) is 0 Å². The second-order valence-corrected chi connectivity index (χ2v) is 3.36. The van der Waals surface area contributed by atoms with Gasteiger partial charge in [-0.1, -0.05) is 12.1 Å². The minimum Gasteiger partial charge on any atom is -0.317 e. The van der Waals surface area contributed by atoms with Crippen molar-refractivity contribution in [2.24, 2.45) is 0 Å². The van der Waals surface area contributed by atoms with Gasteiger partial charge < -0.3 is 5.32 Å². The smallest absolute Gasteiger partial charge is 0.123 e. The molecule has 0 aliphatic carbocycles. The minimum atomic E-state index is -0.144. The fraction of sp³-hybridized carbons (Fsp3) is 0.455. The van der Waals surface area contributed by atoms with Crippen LogP contribution in [0.1, 0.15) is 18.9 Å². The zero-order chi connectivity index (χ0) is 9.68. The molecule has 0 spiro atoms. The van der Waals surface area contributed by atoms with Crippen molar-refractivity contribution in [3.8, 4) is 0 Å². The van der Waals surface area contributed by atoms with Crippen LogP contribution in [0.25, 0.3) is 0 Å². The summed E-state index contributed by atoms with van der Waals surface area (Å²) in [5, 5.41) is 3.16. The number of aryl methyl sites for hydroxylation is 1. The molecule has 0 radical (unpaired) electrons. The van der Waals surface area contributed by atoms with Gasteiger partial charge in [0.05, 0.1) is 0 Å². The molecule has 0 aliphatic rings. The molecular formula is C11H16FN. The van der Waals surface area contributed by atoms with Crippen LogP contribution in [0.2, 0.25) is 0 Å². The van der Waals surface area contributed by atoms with Crippen LogP contribution >= 0.6 is 0 Å². The highest BCUT2D eigenvalue weighted by molar-refractivity contribution is 5.16. The third-order valence-electron chi connectivity index (χ3n) is 2.25. The molecule has 0 amide bonds. The number of rotatable bonds is 4. The summed E-state index contributed by atoms with van der Waals surface area (Å²) in [5.41, 5.74) is 1.07. The molecule has 2 heteroatoms. The molecule has 1 nitrogen and oxygen atoms in total. The lowest BCUT2D eigenvalue weighted by atomic mass is 10.1. The Bertz CT molecular complexity index is 260. The van der Waals surface area contributed by atoms with E-state index < -0.39 is 0 Å². The highest BCUT2D eigenvalue weighted by atomic mass is 19.1. The van der Waals surface area contributed by atoms with Crippen molar-refractivity contribution >= 4 is 0 Å². The molecule has 0 aliphatic heterocycles. The zero-order valence-corrected chi connectivity index (χ0v) is 8.18. The number of benzene rings is 1. The van der Waals surface area contributed by atoms with Gasteiger partial charge in [-0.15, -0.1) is 0 Å². The van der Waals surface area contributed by atoms with Gasteiger partial charge in [-0.05, 0) is 44.5 Å². The van der Waals surface area contributed by atoms with E-state index in [0.717, 1.165) is 18.4 Å². The van der Waals surface area contributed by atoms with E-state index >= 15 is 0 Å². The summed E-state index contributed by atoms with van der Waals surface area (Å²) in [5.74, 6) is -0.144. The van der Waals surface area contributed by atoms with Crippen LogP contribution in [0.15, 0.2) is 24.3 Å². The Balaban J connectivity index is 2.45. The van der Waals surface area contributed by atoms with E-state index in [9.17, 15) is 4.39 Å². The standard InChI is InChI=1S/C11H16FN/c1-9(13-2)6-7-10-4-3-5-11(12)8-10/h3-5,8-9,13H,6-7H2,1-2H3. The summed E-state index contributed by atoms with van der Waals surface area (Å²) in [6.07, 6.45) is 1.97. The van der Waals surface area contributed by atoms with Crippen LogP contribution in [-0.2, 0) is 6.42 Å².